The molecule has 0 unspecified atom stereocenters. The molecule has 0 atom stereocenters. The first-order chi connectivity index (χ1) is 12.2. The lowest BCUT2D eigenvalue weighted by molar-refractivity contribution is 0.00879. The molecule has 0 aromatic heterocycles. The molecule has 1 amide bonds. The van der Waals surface area contributed by atoms with Crippen LogP contribution in [0.15, 0.2) is 18.2 Å². The second kappa shape index (κ2) is 7.54. The highest BCUT2D eigenvalue weighted by molar-refractivity contribution is 7.99. The molecular formula is C19H25FN2O2S. The summed E-state index contributed by atoms with van der Waals surface area (Å²) in [5.41, 5.74) is 0.148. The smallest absolute Gasteiger partial charge is 0.257 e. The molecule has 136 valence electrons. The Kier molecular flexibility index (Phi) is 5.17. The Morgan fingerprint density at radius 3 is 2.64 bits per heavy atom. The molecule has 6 heteroatoms. The summed E-state index contributed by atoms with van der Waals surface area (Å²) in [6, 6.07) is 5.29. The number of nitrogens with zero attached hydrogens (tertiary/aromatic N) is 2. The van der Waals surface area contributed by atoms with E-state index in [9.17, 15) is 9.18 Å². The monoisotopic (exact) mass is 364 g/mol. The maximum atomic E-state index is 14.4. The van der Waals surface area contributed by atoms with E-state index in [0.29, 0.717) is 24.2 Å². The number of amides is 1. The van der Waals surface area contributed by atoms with E-state index >= 15 is 0 Å². The Hall–Kier alpha value is -1.27. The molecule has 4 rings (SSSR count). The molecule has 4 nitrogen and oxygen atoms in total. The number of hydrogen-bond acceptors (Lipinski definition) is 4. The van der Waals surface area contributed by atoms with Gasteiger partial charge in [0.1, 0.15) is 17.7 Å². The molecule has 1 aromatic carbocycles. The largest absolute Gasteiger partial charge is 0.490 e. The van der Waals surface area contributed by atoms with E-state index in [2.05, 4.69) is 4.90 Å². The van der Waals surface area contributed by atoms with Crippen LogP contribution in [0.5, 0.6) is 5.75 Å². The predicted octanol–water partition coefficient (Wildman–Crippen LogP) is 3.37. The molecule has 25 heavy (non-hydrogen) atoms. The molecule has 0 bridgehead atoms. The average Bonchev–Trinajstić information content (AvgIpc) is 3.13. The van der Waals surface area contributed by atoms with Crippen LogP contribution in [0.4, 0.5) is 4.39 Å². The Balaban J connectivity index is 1.31. The Morgan fingerprint density at radius 2 is 1.96 bits per heavy atom. The molecule has 3 aliphatic rings. The van der Waals surface area contributed by atoms with Crippen LogP contribution in [-0.4, -0.2) is 59.1 Å². The minimum Gasteiger partial charge on any atom is -0.490 e. The Bertz CT molecular complexity index is 624. The van der Waals surface area contributed by atoms with Gasteiger partial charge >= 0.3 is 0 Å². The number of rotatable bonds is 4. The second-order valence-electron chi connectivity index (χ2n) is 7.21. The number of hydrogen-bond donors (Lipinski definition) is 0. The van der Waals surface area contributed by atoms with Crippen molar-refractivity contribution in [1.29, 1.82) is 0 Å². The van der Waals surface area contributed by atoms with E-state index < -0.39 is 5.82 Å². The van der Waals surface area contributed by atoms with Crippen LogP contribution in [0.25, 0.3) is 0 Å². The summed E-state index contributed by atoms with van der Waals surface area (Å²) < 4.78 is 20.3. The van der Waals surface area contributed by atoms with Gasteiger partial charge in [-0.3, -0.25) is 4.79 Å². The lowest BCUT2D eigenvalue weighted by atomic mass is 9.86. The molecule has 2 heterocycles. The molecule has 2 aliphatic heterocycles. The molecular weight excluding hydrogens is 339 g/mol. The van der Waals surface area contributed by atoms with Gasteiger partial charge in [0.15, 0.2) is 0 Å². The van der Waals surface area contributed by atoms with Crippen LogP contribution in [0.2, 0.25) is 0 Å². The van der Waals surface area contributed by atoms with Crippen molar-refractivity contribution in [2.75, 3.05) is 31.3 Å². The summed E-state index contributed by atoms with van der Waals surface area (Å²) in [4.78, 5) is 16.6. The lowest BCUT2D eigenvalue weighted by Gasteiger charge is -2.44. The van der Waals surface area contributed by atoms with E-state index in [1.165, 1.54) is 38.4 Å². The highest BCUT2D eigenvalue weighted by Gasteiger charge is 2.35. The summed E-state index contributed by atoms with van der Waals surface area (Å²) in [5.74, 6) is 1.41. The first-order valence-electron chi connectivity index (χ1n) is 9.28. The SMILES string of the molecule is O=C(c1ccc(O[C@H]2C[C@H](N3CCCCC3)C2)cc1F)N1CCSC1. The number of ether oxygens (including phenoxy) is 1. The van der Waals surface area contributed by atoms with Crippen LogP contribution in [-0.2, 0) is 0 Å². The van der Waals surface area contributed by atoms with Crippen LogP contribution in [0, 0.1) is 5.82 Å². The third kappa shape index (κ3) is 3.80. The normalized spacial score (nSPS) is 27.2. The third-order valence-corrected chi connectivity index (χ3v) is 6.46. The van der Waals surface area contributed by atoms with E-state index in [-0.39, 0.29) is 17.6 Å². The van der Waals surface area contributed by atoms with Crippen molar-refractivity contribution in [3.05, 3.63) is 29.6 Å². The van der Waals surface area contributed by atoms with Gasteiger partial charge in [-0.2, -0.15) is 0 Å². The molecule has 1 aliphatic carbocycles. The van der Waals surface area contributed by atoms with Crippen LogP contribution < -0.4 is 4.74 Å². The summed E-state index contributed by atoms with van der Waals surface area (Å²) in [6.45, 7) is 3.11. The number of benzene rings is 1. The highest BCUT2D eigenvalue weighted by Crippen LogP contribution is 2.32. The van der Waals surface area contributed by atoms with Crippen LogP contribution >= 0.6 is 11.8 Å². The first kappa shape index (κ1) is 17.2. The quantitative estimate of drug-likeness (QED) is 0.820. The summed E-state index contributed by atoms with van der Waals surface area (Å²) in [7, 11) is 0. The lowest BCUT2D eigenvalue weighted by Crippen LogP contribution is -2.50. The van der Waals surface area contributed by atoms with Gasteiger partial charge in [0.25, 0.3) is 5.91 Å². The second-order valence-corrected chi connectivity index (χ2v) is 8.28. The van der Waals surface area contributed by atoms with Crippen molar-refractivity contribution in [3.8, 4) is 5.75 Å². The fourth-order valence-electron chi connectivity index (χ4n) is 3.90. The molecule has 2 saturated heterocycles. The zero-order chi connectivity index (χ0) is 17.2. The van der Waals surface area contributed by atoms with Gasteiger partial charge in [0, 0.05) is 37.2 Å². The maximum Gasteiger partial charge on any atom is 0.257 e. The Morgan fingerprint density at radius 1 is 1.16 bits per heavy atom. The van der Waals surface area contributed by atoms with Gasteiger partial charge in [-0.15, -0.1) is 11.8 Å². The van der Waals surface area contributed by atoms with E-state index in [1.807, 2.05) is 0 Å². The van der Waals surface area contributed by atoms with Crippen LogP contribution in [0.3, 0.4) is 0 Å². The average molecular weight is 364 g/mol. The summed E-state index contributed by atoms with van der Waals surface area (Å²) in [5, 5.41) is 0. The highest BCUT2D eigenvalue weighted by atomic mass is 32.2. The standard InChI is InChI=1S/C19H25FN2O2S/c20-18-12-15(4-5-17(18)19(23)22-8-9-25-13-22)24-16-10-14(11-16)21-6-2-1-3-7-21/h4-5,12,14,16H,1-3,6-11,13H2/t14-,16-. The van der Waals surface area contributed by atoms with Gasteiger partial charge in [-0.25, -0.2) is 4.39 Å². The van der Waals surface area contributed by atoms with Crippen molar-refractivity contribution in [2.24, 2.45) is 0 Å². The number of carbonyl (C=O) groups excluding carboxylic acids is 1. The fourth-order valence-corrected chi connectivity index (χ4v) is 4.84. The topological polar surface area (TPSA) is 32.8 Å². The van der Waals surface area contributed by atoms with Gasteiger partial charge < -0.3 is 14.5 Å². The minimum atomic E-state index is -0.480. The number of halogens is 1. The minimum absolute atomic E-state index is 0.148. The number of carbonyl (C=O) groups is 1. The van der Waals surface area contributed by atoms with Crippen molar-refractivity contribution in [1.82, 2.24) is 9.80 Å². The number of thioether (sulfide) groups is 1. The van der Waals surface area contributed by atoms with E-state index in [1.54, 1.807) is 28.8 Å². The molecule has 1 aromatic rings. The predicted molar refractivity (Wildman–Crippen MR) is 97.6 cm³/mol. The summed E-state index contributed by atoms with van der Waals surface area (Å²) >= 11 is 1.70. The maximum absolute atomic E-state index is 14.4. The third-order valence-electron chi connectivity index (χ3n) is 5.49. The van der Waals surface area contributed by atoms with Gasteiger partial charge in [-0.1, -0.05) is 6.42 Å². The van der Waals surface area contributed by atoms with E-state index in [4.69, 9.17) is 4.74 Å². The molecule has 0 N–H and O–H groups in total. The molecule has 0 radical (unpaired) electrons. The first-order valence-corrected chi connectivity index (χ1v) is 10.4. The molecule has 1 saturated carbocycles. The van der Waals surface area contributed by atoms with Crippen molar-refractivity contribution in [2.45, 2.75) is 44.2 Å². The number of piperidine rings is 1. The Labute approximate surface area is 152 Å². The van der Waals surface area contributed by atoms with Gasteiger partial charge in [0.05, 0.1) is 11.4 Å². The van der Waals surface area contributed by atoms with Gasteiger partial charge in [0.2, 0.25) is 0 Å². The van der Waals surface area contributed by atoms with Crippen molar-refractivity contribution in [3.63, 3.8) is 0 Å². The van der Waals surface area contributed by atoms with Crippen molar-refractivity contribution < 1.29 is 13.9 Å². The number of likely N-dealkylation sites (tertiary alicyclic amines) is 1. The zero-order valence-corrected chi connectivity index (χ0v) is 15.3. The fraction of sp³-hybridized carbons (Fsp3) is 0.632. The zero-order valence-electron chi connectivity index (χ0n) is 14.5. The molecule has 3 fully saturated rings. The van der Waals surface area contributed by atoms with Crippen LogP contribution in [0.1, 0.15) is 42.5 Å². The van der Waals surface area contributed by atoms with Crippen molar-refractivity contribution >= 4 is 17.7 Å². The van der Waals surface area contributed by atoms with Gasteiger partial charge in [-0.05, 0) is 38.1 Å². The van der Waals surface area contributed by atoms with E-state index in [0.717, 1.165) is 18.6 Å². The summed E-state index contributed by atoms with van der Waals surface area (Å²) in [6.07, 6.45) is 6.17. The molecule has 0 spiro atoms.